The molecule has 33 heavy (non-hydrogen) atoms. The summed E-state index contributed by atoms with van der Waals surface area (Å²) in [5.41, 5.74) is 0.826. The van der Waals surface area contributed by atoms with Crippen LogP contribution in [-0.2, 0) is 16.5 Å². The molecular formula is C31H30NiP+. The van der Waals surface area contributed by atoms with Crippen molar-refractivity contribution >= 4 is 23.8 Å². The van der Waals surface area contributed by atoms with Crippen molar-refractivity contribution in [1.29, 1.82) is 0 Å². The molecule has 1 fully saturated rings. The van der Waals surface area contributed by atoms with E-state index >= 15 is 0 Å². The number of hydrogen-bond donors (Lipinski definition) is 0. The van der Waals surface area contributed by atoms with E-state index in [1.165, 1.54) is 48.0 Å². The summed E-state index contributed by atoms with van der Waals surface area (Å²) in [5, 5.41) is 4.19. The third kappa shape index (κ3) is 9.40. The molecule has 1 aliphatic rings. The average Bonchev–Trinajstić information content (AvgIpc) is 3.48. The molecule has 0 saturated heterocycles. The van der Waals surface area contributed by atoms with Crippen molar-refractivity contribution in [3.8, 4) is 5.92 Å². The van der Waals surface area contributed by atoms with Gasteiger partial charge in [-0.1, -0.05) is 141 Å². The molecule has 0 radical (unpaired) electrons. The van der Waals surface area contributed by atoms with Gasteiger partial charge in [-0.15, -0.1) is 17.7 Å². The maximum absolute atomic E-state index is 6.69. The van der Waals surface area contributed by atoms with Crippen LogP contribution in [0.25, 0.3) is 0 Å². The molecule has 0 bridgehead atoms. The second-order valence-corrected chi connectivity index (χ2v) is 9.82. The van der Waals surface area contributed by atoms with Gasteiger partial charge in [-0.2, -0.15) is 0 Å². The van der Waals surface area contributed by atoms with Crippen LogP contribution in [0, 0.1) is 12.3 Å². The van der Waals surface area contributed by atoms with Crippen LogP contribution in [0.3, 0.4) is 0 Å². The minimum absolute atomic E-state index is 0. The summed E-state index contributed by atoms with van der Waals surface area (Å²) in [6, 6.07) is 41.7. The Morgan fingerprint density at radius 3 is 0.970 bits per heavy atom. The summed E-state index contributed by atoms with van der Waals surface area (Å²) >= 11 is 0. The fraction of sp³-hybridized carbons (Fsp3) is 0.161. The van der Waals surface area contributed by atoms with Gasteiger partial charge in [0, 0.05) is 0 Å². The van der Waals surface area contributed by atoms with E-state index in [9.17, 15) is 0 Å². The topological polar surface area (TPSA) is 0 Å². The van der Waals surface area contributed by atoms with Crippen molar-refractivity contribution in [2.24, 2.45) is 0 Å². The number of hydrogen-bond acceptors (Lipinski definition) is 0. The maximum atomic E-state index is 6.69. The van der Waals surface area contributed by atoms with Crippen LogP contribution in [-0.4, -0.2) is 0 Å². The largest absolute Gasteiger partial charge is 2.00 e. The Kier molecular flexibility index (Phi) is 12.9. The molecule has 0 N–H and O–H groups in total. The second-order valence-electron chi connectivity index (χ2n) is 7.60. The monoisotopic (exact) mass is 491 g/mol. The fourth-order valence-corrected chi connectivity index (χ4v) is 5.89. The zero-order chi connectivity index (χ0) is 22.3. The molecule has 0 heterocycles. The van der Waals surface area contributed by atoms with Gasteiger partial charge in [0.05, 0.1) is 0 Å². The Bertz CT molecular complexity index is 936. The summed E-state index contributed by atoms with van der Waals surface area (Å²) in [6.07, 6.45) is 14.2. The van der Waals surface area contributed by atoms with E-state index in [4.69, 9.17) is 6.42 Å². The number of rotatable bonds is 3. The summed E-state index contributed by atoms with van der Waals surface area (Å²) in [5.74, 6) is 2.28. The summed E-state index contributed by atoms with van der Waals surface area (Å²) < 4.78 is 0. The molecule has 4 aromatic carbocycles. The molecule has 5 rings (SSSR count). The van der Waals surface area contributed by atoms with Crippen LogP contribution >= 0.6 is 7.92 Å². The first-order chi connectivity index (χ1) is 15.9. The van der Waals surface area contributed by atoms with Crippen LogP contribution in [0.4, 0.5) is 0 Å². The molecule has 0 spiro atoms. The summed E-state index contributed by atoms with van der Waals surface area (Å²) in [4.78, 5) is 0. The summed E-state index contributed by atoms with van der Waals surface area (Å²) in [6.45, 7) is 0. The van der Waals surface area contributed by atoms with Gasteiger partial charge in [-0.05, 0) is 23.8 Å². The third-order valence-corrected chi connectivity index (χ3v) is 7.65. The molecule has 0 nitrogen and oxygen atoms in total. The van der Waals surface area contributed by atoms with Gasteiger partial charge in [-0.25, -0.2) is 0 Å². The van der Waals surface area contributed by atoms with E-state index in [-0.39, 0.29) is 16.5 Å². The van der Waals surface area contributed by atoms with Gasteiger partial charge in [0.1, 0.15) is 0 Å². The van der Waals surface area contributed by atoms with E-state index in [0.29, 0.717) is 0 Å². The Morgan fingerprint density at radius 2 is 0.727 bits per heavy atom. The summed E-state index contributed by atoms with van der Waals surface area (Å²) in [7, 11) is -0.446. The van der Waals surface area contributed by atoms with Crippen molar-refractivity contribution in [1.82, 2.24) is 0 Å². The Hall–Kier alpha value is -2.64. The van der Waals surface area contributed by atoms with Gasteiger partial charge in [0.2, 0.25) is 0 Å². The van der Waals surface area contributed by atoms with Gasteiger partial charge >= 0.3 is 16.5 Å². The van der Waals surface area contributed by atoms with Crippen molar-refractivity contribution in [3.63, 3.8) is 0 Å². The van der Waals surface area contributed by atoms with E-state index in [1.54, 1.807) is 0 Å². The van der Waals surface area contributed by atoms with Crippen LogP contribution in [0.15, 0.2) is 121 Å². The molecule has 2 heteroatoms. The first-order valence-electron chi connectivity index (χ1n) is 11.3. The molecule has 0 aromatic heterocycles. The normalized spacial score (nSPS) is 11.6. The SMILES string of the molecule is C1CCCC1.[C-]#Cc1ccccc1.[Ni+2].c1ccc(P(c2ccccc2)c2ccccc2)cc1. The molecule has 1 saturated carbocycles. The second kappa shape index (κ2) is 16.1. The van der Waals surface area contributed by atoms with Crippen LogP contribution in [0.1, 0.15) is 37.7 Å². The first-order valence-corrected chi connectivity index (χ1v) is 12.7. The van der Waals surface area contributed by atoms with E-state index < -0.39 is 7.92 Å². The average molecular weight is 492 g/mol. The van der Waals surface area contributed by atoms with Crippen LogP contribution < -0.4 is 15.9 Å². The van der Waals surface area contributed by atoms with Crippen molar-refractivity contribution in [3.05, 3.63) is 133 Å². The molecule has 0 amide bonds. The Labute approximate surface area is 211 Å². The predicted molar refractivity (Wildman–Crippen MR) is 141 cm³/mol. The van der Waals surface area contributed by atoms with Crippen molar-refractivity contribution in [2.45, 2.75) is 32.1 Å². The molecule has 168 valence electrons. The Morgan fingerprint density at radius 1 is 0.455 bits per heavy atom. The standard InChI is InChI=1S/C18H15P.C8H5.C5H10.Ni/c1-4-10-16(11-5-1)19(17-12-6-2-7-13-17)18-14-8-3-9-15-18;1-2-8-6-4-3-5-7-8;1-2-4-5-3-1;/h1-15H;3-7H;1-5H2;/q;-1;;+2. The molecular weight excluding hydrogens is 462 g/mol. The number of benzene rings is 4. The van der Waals surface area contributed by atoms with E-state index in [1.807, 2.05) is 30.3 Å². The van der Waals surface area contributed by atoms with Gasteiger partial charge in [0.15, 0.2) is 0 Å². The molecule has 4 aromatic rings. The maximum Gasteiger partial charge on any atom is 2.00 e. The molecule has 0 atom stereocenters. The zero-order valence-corrected chi connectivity index (χ0v) is 20.7. The van der Waals surface area contributed by atoms with Gasteiger partial charge in [0.25, 0.3) is 0 Å². The van der Waals surface area contributed by atoms with E-state index in [2.05, 4.69) is 96.9 Å². The van der Waals surface area contributed by atoms with Gasteiger partial charge < -0.3 is 6.42 Å². The molecule has 0 unspecified atom stereocenters. The Balaban J connectivity index is 0.000000227. The minimum atomic E-state index is -0.446. The molecule has 1 aliphatic carbocycles. The smallest absolute Gasteiger partial charge is 0.366 e. The first kappa shape index (κ1) is 26.6. The zero-order valence-electron chi connectivity index (χ0n) is 18.8. The third-order valence-electron chi connectivity index (χ3n) is 5.21. The minimum Gasteiger partial charge on any atom is -0.366 e. The quantitative estimate of drug-likeness (QED) is 0.125. The van der Waals surface area contributed by atoms with E-state index in [0.717, 1.165) is 5.56 Å². The van der Waals surface area contributed by atoms with Crippen molar-refractivity contribution in [2.75, 3.05) is 0 Å². The van der Waals surface area contributed by atoms with Crippen LogP contribution in [0.5, 0.6) is 0 Å². The molecule has 0 aliphatic heterocycles. The predicted octanol–water partition coefficient (Wildman–Crippen LogP) is 7.02. The van der Waals surface area contributed by atoms with Crippen molar-refractivity contribution < 1.29 is 16.5 Å². The fourth-order valence-electron chi connectivity index (χ4n) is 3.58. The van der Waals surface area contributed by atoms with Gasteiger partial charge in [-0.3, -0.25) is 5.92 Å². The van der Waals surface area contributed by atoms with Crippen LogP contribution in [0.2, 0.25) is 0 Å².